The van der Waals surface area contributed by atoms with Crippen LogP contribution in [0, 0.1) is 0 Å². The molecule has 13 heteroatoms. The van der Waals surface area contributed by atoms with Crippen molar-refractivity contribution in [2.45, 2.75) is 9.79 Å². The van der Waals surface area contributed by atoms with Crippen molar-refractivity contribution in [1.29, 1.82) is 0 Å². The fourth-order valence-corrected chi connectivity index (χ4v) is 2.91. The van der Waals surface area contributed by atoms with Crippen LogP contribution in [0.1, 0.15) is 20.7 Å². The van der Waals surface area contributed by atoms with E-state index in [-0.39, 0.29) is 0 Å². The lowest BCUT2D eigenvalue weighted by atomic mass is 10.2. The summed E-state index contributed by atoms with van der Waals surface area (Å²) in [6, 6.07) is 7.29. The molecule has 0 aliphatic heterocycles. The minimum Gasteiger partial charge on any atom is -0.507 e. The van der Waals surface area contributed by atoms with Gasteiger partial charge in [-0.15, -0.1) is 0 Å². The highest BCUT2D eigenvalue weighted by atomic mass is 32.2. The van der Waals surface area contributed by atoms with E-state index in [1.165, 1.54) is 12.1 Å². The van der Waals surface area contributed by atoms with E-state index in [0.29, 0.717) is 6.07 Å². The quantitative estimate of drug-likeness (QED) is 0.441. The number of carboxylic acid groups (broad SMARTS) is 2. The van der Waals surface area contributed by atoms with Crippen LogP contribution in [0.4, 0.5) is 0 Å². The number of hydrogen-bond acceptors (Lipinski definition) is 7. The Morgan fingerprint density at radius 2 is 1.26 bits per heavy atom. The molecule has 0 amide bonds. The number of carbonyl (C=O) groups is 2. The minimum atomic E-state index is -4.46. The molecule has 2 rings (SSSR count). The molecular weight excluding hydrogens is 408 g/mol. The minimum absolute atomic E-state index is 0.440. The maximum Gasteiger partial charge on any atom is 0.339 e. The van der Waals surface area contributed by atoms with Crippen molar-refractivity contribution in [3.63, 3.8) is 0 Å². The standard InChI is InChI=1S/C7H6O6S.C7H6O5S/c8-6-2-1-4(14(11,12)13)3-5(6)7(9)10;8-7(9)5-3-1-2-4-6(5)13(10,11)12/h1-3,8H,(H,9,10)(H,11,12,13);1-4H,(H,8,9)(H,10,11,12). The van der Waals surface area contributed by atoms with Gasteiger partial charge in [0.05, 0.1) is 10.5 Å². The van der Waals surface area contributed by atoms with Crippen LogP contribution in [0.25, 0.3) is 0 Å². The van der Waals surface area contributed by atoms with Crippen LogP contribution in [0.3, 0.4) is 0 Å². The lowest BCUT2D eigenvalue weighted by Gasteiger charge is -2.01. The first-order chi connectivity index (χ1) is 12.2. The number of aromatic carboxylic acids is 2. The summed E-state index contributed by atoms with van der Waals surface area (Å²) in [5.41, 5.74) is -1.02. The predicted molar refractivity (Wildman–Crippen MR) is 88.1 cm³/mol. The van der Waals surface area contributed by atoms with Gasteiger partial charge in [-0.2, -0.15) is 16.8 Å². The van der Waals surface area contributed by atoms with Crippen molar-refractivity contribution in [3.05, 3.63) is 53.6 Å². The largest absolute Gasteiger partial charge is 0.507 e. The molecule has 2 aromatic carbocycles. The Bertz CT molecular complexity index is 1090. The molecule has 0 saturated heterocycles. The van der Waals surface area contributed by atoms with Crippen molar-refractivity contribution >= 4 is 32.2 Å². The zero-order valence-corrected chi connectivity index (χ0v) is 14.7. The summed E-state index contributed by atoms with van der Waals surface area (Å²) in [5.74, 6) is -3.44. The van der Waals surface area contributed by atoms with Gasteiger partial charge in [0, 0.05) is 0 Å². The molecule has 0 radical (unpaired) electrons. The molecule has 0 aromatic heterocycles. The number of phenols is 1. The van der Waals surface area contributed by atoms with Gasteiger partial charge in [0.2, 0.25) is 0 Å². The highest BCUT2D eigenvalue weighted by Gasteiger charge is 2.18. The maximum absolute atomic E-state index is 10.7. The lowest BCUT2D eigenvalue weighted by Crippen LogP contribution is -2.07. The van der Waals surface area contributed by atoms with Gasteiger partial charge >= 0.3 is 11.9 Å². The molecule has 0 fully saturated rings. The summed E-state index contributed by atoms with van der Waals surface area (Å²) >= 11 is 0. The van der Waals surface area contributed by atoms with Crippen LogP contribution in [-0.2, 0) is 20.2 Å². The van der Waals surface area contributed by atoms with Crippen LogP contribution in [-0.4, -0.2) is 53.2 Å². The van der Waals surface area contributed by atoms with Gasteiger partial charge in [-0.25, -0.2) is 9.59 Å². The van der Waals surface area contributed by atoms with Crippen LogP contribution in [0.15, 0.2) is 52.3 Å². The van der Waals surface area contributed by atoms with Gasteiger partial charge < -0.3 is 15.3 Å². The van der Waals surface area contributed by atoms with Crippen LogP contribution in [0.5, 0.6) is 5.75 Å². The number of hydrogen-bond donors (Lipinski definition) is 5. The molecule has 0 bridgehead atoms. The van der Waals surface area contributed by atoms with E-state index in [2.05, 4.69) is 0 Å². The van der Waals surface area contributed by atoms with Gasteiger partial charge in [0.1, 0.15) is 16.2 Å². The van der Waals surface area contributed by atoms with Crippen molar-refractivity contribution in [1.82, 2.24) is 0 Å². The summed E-state index contributed by atoms with van der Waals surface area (Å²) in [6.07, 6.45) is 0. The molecule has 0 aliphatic carbocycles. The van der Waals surface area contributed by atoms with Crippen LogP contribution in [0.2, 0.25) is 0 Å². The molecule has 11 nitrogen and oxygen atoms in total. The van der Waals surface area contributed by atoms with E-state index in [0.717, 1.165) is 24.3 Å². The molecule has 0 atom stereocenters. The third-order valence-electron chi connectivity index (χ3n) is 2.89. The van der Waals surface area contributed by atoms with E-state index in [4.69, 9.17) is 24.4 Å². The Morgan fingerprint density at radius 1 is 0.741 bits per heavy atom. The molecule has 146 valence electrons. The number of rotatable bonds is 4. The van der Waals surface area contributed by atoms with Crippen molar-refractivity contribution in [2.24, 2.45) is 0 Å². The maximum atomic E-state index is 10.7. The monoisotopic (exact) mass is 420 g/mol. The summed E-state index contributed by atoms with van der Waals surface area (Å²) in [5, 5.41) is 26.1. The highest BCUT2D eigenvalue weighted by Crippen LogP contribution is 2.21. The smallest absolute Gasteiger partial charge is 0.339 e. The molecular formula is C14H12O11S2. The first-order valence-electron chi connectivity index (χ1n) is 6.58. The Kier molecular flexibility index (Phi) is 6.64. The molecule has 0 spiro atoms. The van der Waals surface area contributed by atoms with Gasteiger partial charge in [0.25, 0.3) is 20.2 Å². The molecule has 2 aromatic rings. The van der Waals surface area contributed by atoms with Crippen LogP contribution < -0.4 is 0 Å². The molecule has 0 saturated carbocycles. The van der Waals surface area contributed by atoms with Crippen LogP contribution >= 0.6 is 0 Å². The van der Waals surface area contributed by atoms with Gasteiger partial charge in [-0.05, 0) is 30.3 Å². The molecule has 0 aliphatic rings. The van der Waals surface area contributed by atoms with E-state index in [1.54, 1.807) is 0 Å². The van der Waals surface area contributed by atoms with E-state index >= 15 is 0 Å². The van der Waals surface area contributed by atoms with Crippen molar-refractivity contribution in [2.75, 3.05) is 0 Å². The molecule has 27 heavy (non-hydrogen) atoms. The number of benzene rings is 2. The number of carboxylic acids is 2. The number of aromatic hydroxyl groups is 1. The summed E-state index contributed by atoms with van der Waals surface area (Å²) in [7, 11) is -8.91. The normalized spacial score (nSPS) is 11.2. The average molecular weight is 420 g/mol. The molecule has 5 N–H and O–H groups in total. The van der Waals surface area contributed by atoms with E-state index < -0.39 is 58.8 Å². The molecule has 0 heterocycles. The fraction of sp³-hybridized carbons (Fsp3) is 0. The zero-order chi connectivity index (χ0) is 21.0. The first kappa shape index (κ1) is 22.0. The van der Waals surface area contributed by atoms with Gasteiger partial charge in [0.15, 0.2) is 0 Å². The second-order valence-electron chi connectivity index (χ2n) is 4.74. The predicted octanol–water partition coefficient (Wildman–Crippen LogP) is 0.969. The summed E-state index contributed by atoms with van der Waals surface area (Å²) in [4.78, 5) is 19.8. The average Bonchev–Trinajstić information content (AvgIpc) is 2.53. The SMILES string of the molecule is O=C(O)c1cc(S(=O)(=O)O)ccc1O.O=C(O)c1ccccc1S(=O)(=O)O. The van der Waals surface area contributed by atoms with Gasteiger partial charge in [-0.3, -0.25) is 9.11 Å². The topological polar surface area (TPSA) is 204 Å². The van der Waals surface area contributed by atoms with Crippen molar-refractivity contribution < 1.29 is 50.8 Å². The van der Waals surface area contributed by atoms with Crippen molar-refractivity contribution in [3.8, 4) is 5.75 Å². The van der Waals surface area contributed by atoms with E-state index in [9.17, 15) is 26.4 Å². The first-order valence-corrected chi connectivity index (χ1v) is 9.46. The van der Waals surface area contributed by atoms with Gasteiger partial charge in [-0.1, -0.05) is 12.1 Å². The summed E-state index contributed by atoms with van der Waals surface area (Å²) in [6.45, 7) is 0. The third kappa shape index (κ3) is 6.03. The Morgan fingerprint density at radius 3 is 1.67 bits per heavy atom. The second kappa shape index (κ2) is 8.13. The van der Waals surface area contributed by atoms with E-state index in [1.807, 2.05) is 0 Å². The molecule has 0 unspecified atom stereocenters. The Labute approximate surface area is 152 Å². The Balaban J connectivity index is 0.000000271. The third-order valence-corrected chi connectivity index (χ3v) is 4.65. The lowest BCUT2D eigenvalue weighted by molar-refractivity contribution is 0.0682. The second-order valence-corrected chi connectivity index (χ2v) is 7.55. The summed E-state index contributed by atoms with van der Waals surface area (Å²) < 4.78 is 59.7. The fourth-order valence-electron chi connectivity index (χ4n) is 1.72. The zero-order valence-electron chi connectivity index (χ0n) is 13.0. The Hall–Kier alpha value is -3.00. The highest BCUT2D eigenvalue weighted by molar-refractivity contribution is 7.86.